The van der Waals surface area contributed by atoms with Gasteiger partial charge in [0, 0.05) is 0 Å². The van der Waals surface area contributed by atoms with Gasteiger partial charge < -0.3 is 0 Å². The summed E-state index contributed by atoms with van der Waals surface area (Å²) >= 11 is 0. The van der Waals surface area contributed by atoms with Crippen LogP contribution in [0.4, 0.5) is 0 Å². The fraction of sp³-hybridized carbons (Fsp3) is 0.0400. The van der Waals surface area contributed by atoms with E-state index in [1.807, 2.05) is 6.07 Å². The van der Waals surface area contributed by atoms with Crippen molar-refractivity contribution in [3.8, 4) is 11.1 Å². The summed E-state index contributed by atoms with van der Waals surface area (Å²) in [5.74, 6) is 0. The maximum atomic E-state index is 6.20. The zero-order valence-electron chi connectivity index (χ0n) is 14.4. The summed E-state index contributed by atoms with van der Waals surface area (Å²) in [4.78, 5) is 0. The molecule has 0 bridgehead atoms. The smallest absolute Gasteiger partial charge is 0.0963 e. The Bertz CT molecular complexity index is 1050. The van der Waals surface area contributed by atoms with Crippen molar-refractivity contribution in [3.63, 3.8) is 0 Å². The molecule has 0 N–H and O–H groups in total. The Labute approximate surface area is 155 Å². The van der Waals surface area contributed by atoms with E-state index in [9.17, 15) is 0 Å². The maximum absolute atomic E-state index is 6.20. The maximum Gasteiger partial charge on any atom is 0.113 e. The Morgan fingerprint density at radius 2 is 1.04 bits per heavy atom. The lowest BCUT2D eigenvalue weighted by atomic mass is 9.67. The topological polar surface area (TPSA) is 0 Å². The molecular weight excluding hydrogens is 311 g/mol. The van der Waals surface area contributed by atoms with Crippen molar-refractivity contribution in [2.24, 2.45) is 0 Å². The van der Waals surface area contributed by atoms with Crippen LogP contribution in [0.3, 0.4) is 0 Å². The molecule has 0 aliphatic heterocycles. The van der Waals surface area contributed by atoms with Gasteiger partial charge in [-0.15, -0.1) is 0 Å². The minimum absolute atomic E-state index is 0.343. The van der Waals surface area contributed by atoms with E-state index in [0.717, 1.165) is 5.46 Å². The van der Waals surface area contributed by atoms with Gasteiger partial charge in [-0.2, -0.15) is 0 Å². The Kier molecular flexibility index (Phi) is 3.36. The monoisotopic (exact) mass is 328 g/mol. The van der Waals surface area contributed by atoms with Crippen LogP contribution >= 0.6 is 0 Å². The third-order valence-electron chi connectivity index (χ3n) is 5.48. The molecule has 4 aromatic carbocycles. The van der Waals surface area contributed by atoms with Gasteiger partial charge in [-0.1, -0.05) is 109 Å². The van der Waals surface area contributed by atoms with Gasteiger partial charge in [0.05, 0.1) is 5.41 Å². The molecule has 1 heteroatoms. The van der Waals surface area contributed by atoms with Crippen LogP contribution in [-0.4, -0.2) is 7.85 Å². The molecule has 0 aromatic heterocycles. The van der Waals surface area contributed by atoms with Crippen molar-refractivity contribution < 1.29 is 0 Å². The molecule has 0 unspecified atom stereocenters. The van der Waals surface area contributed by atoms with Gasteiger partial charge in [0.15, 0.2) is 0 Å². The van der Waals surface area contributed by atoms with Crippen LogP contribution in [-0.2, 0) is 5.41 Å². The molecule has 0 atom stereocenters. The molecule has 5 rings (SSSR count). The van der Waals surface area contributed by atoms with Crippen molar-refractivity contribution in [1.29, 1.82) is 0 Å². The highest BCUT2D eigenvalue weighted by molar-refractivity contribution is 6.32. The minimum atomic E-state index is -0.343. The van der Waals surface area contributed by atoms with Gasteiger partial charge in [0.2, 0.25) is 0 Å². The summed E-state index contributed by atoms with van der Waals surface area (Å²) in [6, 6.07) is 36.6. The minimum Gasteiger partial charge on any atom is -0.0963 e. The lowest BCUT2D eigenvalue weighted by molar-refractivity contribution is 0.769. The Morgan fingerprint density at radius 1 is 0.500 bits per heavy atom. The first-order valence-corrected chi connectivity index (χ1v) is 8.93. The van der Waals surface area contributed by atoms with E-state index in [1.165, 1.54) is 33.4 Å². The Hall–Kier alpha value is -3.06. The molecule has 0 heterocycles. The van der Waals surface area contributed by atoms with Crippen LogP contribution in [0.2, 0.25) is 0 Å². The fourth-order valence-electron chi connectivity index (χ4n) is 4.48. The predicted octanol–water partition coefficient (Wildman–Crippen LogP) is 4.84. The number of rotatable bonds is 2. The third-order valence-corrected chi connectivity index (χ3v) is 5.48. The molecule has 1 aliphatic rings. The van der Waals surface area contributed by atoms with E-state index in [0.29, 0.717) is 0 Å². The van der Waals surface area contributed by atoms with Crippen molar-refractivity contribution in [3.05, 3.63) is 125 Å². The summed E-state index contributed by atoms with van der Waals surface area (Å²) in [6.07, 6.45) is 0. The second-order valence-electron chi connectivity index (χ2n) is 6.83. The van der Waals surface area contributed by atoms with Gasteiger partial charge in [-0.3, -0.25) is 0 Å². The molecule has 2 radical (unpaired) electrons. The molecular formula is C25H17B. The molecule has 0 amide bonds. The molecule has 4 aromatic rings. The summed E-state index contributed by atoms with van der Waals surface area (Å²) in [7, 11) is 6.20. The van der Waals surface area contributed by atoms with Crippen molar-refractivity contribution in [2.45, 2.75) is 5.41 Å². The first-order valence-electron chi connectivity index (χ1n) is 8.93. The Balaban J connectivity index is 1.98. The SMILES string of the molecule is [B]c1cccc(C2(c3ccccc3)c3ccccc3-c3ccccc32)c1. The normalized spacial score (nSPS) is 13.8. The lowest BCUT2D eigenvalue weighted by Crippen LogP contribution is -2.29. The molecule has 0 saturated heterocycles. The first kappa shape index (κ1) is 15.2. The largest absolute Gasteiger partial charge is 0.113 e. The summed E-state index contributed by atoms with van der Waals surface area (Å²) < 4.78 is 0. The first-order chi connectivity index (χ1) is 12.8. The highest BCUT2D eigenvalue weighted by Gasteiger charge is 2.45. The van der Waals surface area contributed by atoms with Crippen LogP contribution in [0.5, 0.6) is 0 Å². The van der Waals surface area contributed by atoms with Gasteiger partial charge >= 0.3 is 0 Å². The lowest BCUT2D eigenvalue weighted by Gasteiger charge is -2.34. The zero-order chi connectivity index (χ0) is 17.6. The summed E-state index contributed by atoms with van der Waals surface area (Å²) in [5, 5.41) is 0. The standard InChI is InChI=1S/C25H17B/c26-20-12-8-11-19(17-20)25(18-9-2-1-3-10-18)23-15-6-4-13-21(23)22-14-5-7-16-24(22)25/h1-17H. The zero-order valence-corrected chi connectivity index (χ0v) is 14.4. The fourth-order valence-corrected chi connectivity index (χ4v) is 4.48. The molecule has 120 valence electrons. The molecule has 0 nitrogen and oxygen atoms in total. The van der Waals surface area contributed by atoms with Gasteiger partial charge in [-0.05, 0) is 33.4 Å². The average Bonchev–Trinajstić information content (AvgIpc) is 3.00. The van der Waals surface area contributed by atoms with Crippen LogP contribution in [0.25, 0.3) is 11.1 Å². The van der Waals surface area contributed by atoms with E-state index in [-0.39, 0.29) is 5.41 Å². The van der Waals surface area contributed by atoms with Crippen LogP contribution in [0, 0.1) is 0 Å². The highest BCUT2D eigenvalue weighted by Crippen LogP contribution is 2.55. The van der Waals surface area contributed by atoms with Crippen LogP contribution in [0.15, 0.2) is 103 Å². The van der Waals surface area contributed by atoms with Crippen molar-refractivity contribution in [2.75, 3.05) is 0 Å². The van der Waals surface area contributed by atoms with E-state index < -0.39 is 0 Å². The third kappa shape index (κ3) is 1.98. The number of fused-ring (bicyclic) bond motifs is 3. The van der Waals surface area contributed by atoms with Crippen molar-refractivity contribution >= 4 is 13.3 Å². The summed E-state index contributed by atoms with van der Waals surface area (Å²) in [5.41, 5.74) is 8.16. The second-order valence-corrected chi connectivity index (χ2v) is 6.83. The van der Waals surface area contributed by atoms with E-state index in [4.69, 9.17) is 7.85 Å². The highest BCUT2D eigenvalue weighted by atomic mass is 14.5. The molecule has 1 aliphatic carbocycles. The van der Waals surface area contributed by atoms with Gasteiger partial charge in [0.1, 0.15) is 7.85 Å². The number of hydrogen-bond acceptors (Lipinski definition) is 0. The summed E-state index contributed by atoms with van der Waals surface area (Å²) in [6.45, 7) is 0. The van der Waals surface area contributed by atoms with Crippen LogP contribution in [0.1, 0.15) is 22.3 Å². The average molecular weight is 328 g/mol. The molecule has 0 saturated carbocycles. The van der Waals surface area contributed by atoms with E-state index >= 15 is 0 Å². The van der Waals surface area contributed by atoms with E-state index in [1.54, 1.807) is 0 Å². The quantitative estimate of drug-likeness (QED) is 0.407. The van der Waals surface area contributed by atoms with Crippen LogP contribution < -0.4 is 5.46 Å². The second kappa shape index (κ2) is 5.74. The molecule has 0 fully saturated rings. The molecule has 0 spiro atoms. The van der Waals surface area contributed by atoms with Gasteiger partial charge in [0.25, 0.3) is 0 Å². The Morgan fingerprint density at radius 3 is 1.65 bits per heavy atom. The number of benzene rings is 4. The van der Waals surface area contributed by atoms with Gasteiger partial charge in [-0.25, -0.2) is 0 Å². The predicted molar refractivity (Wildman–Crippen MR) is 109 cm³/mol. The number of hydrogen-bond donors (Lipinski definition) is 0. The van der Waals surface area contributed by atoms with E-state index in [2.05, 4.69) is 97.1 Å². The van der Waals surface area contributed by atoms with Crippen molar-refractivity contribution in [1.82, 2.24) is 0 Å². The molecule has 26 heavy (non-hydrogen) atoms.